The number of hydrogen-bond donors (Lipinski definition) is 0. The Morgan fingerprint density at radius 3 is 2.44 bits per heavy atom. The molecule has 0 radical (unpaired) electrons. The van der Waals surface area contributed by atoms with Gasteiger partial charge in [0.2, 0.25) is 5.91 Å². The Labute approximate surface area is 161 Å². The van der Waals surface area contributed by atoms with Crippen LogP contribution in [0.1, 0.15) is 29.4 Å². The molecule has 1 amide bonds. The van der Waals surface area contributed by atoms with Crippen LogP contribution in [-0.4, -0.2) is 53.9 Å². The van der Waals surface area contributed by atoms with E-state index in [0.29, 0.717) is 6.54 Å². The van der Waals surface area contributed by atoms with E-state index in [9.17, 15) is 4.79 Å². The number of rotatable bonds is 5. The van der Waals surface area contributed by atoms with Crippen molar-refractivity contribution in [3.05, 3.63) is 40.7 Å². The minimum absolute atomic E-state index is 0.143. The van der Waals surface area contributed by atoms with Crippen LogP contribution in [0.4, 0.5) is 5.69 Å². The van der Waals surface area contributed by atoms with Gasteiger partial charge in [0.25, 0.3) is 0 Å². The van der Waals surface area contributed by atoms with E-state index < -0.39 is 0 Å². The number of piperazine rings is 1. The molecule has 0 saturated carbocycles. The number of methoxy groups -OCH3 is 1. The zero-order valence-corrected chi connectivity index (χ0v) is 17.1. The number of benzene rings is 1. The van der Waals surface area contributed by atoms with E-state index in [4.69, 9.17) is 4.74 Å². The van der Waals surface area contributed by atoms with Crippen LogP contribution in [0.2, 0.25) is 0 Å². The van der Waals surface area contributed by atoms with E-state index in [0.717, 1.165) is 61.0 Å². The van der Waals surface area contributed by atoms with E-state index in [1.54, 1.807) is 7.11 Å². The van der Waals surface area contributed by atoms with Crippen molar-refractivity contribution in [2.45, 2.75) is 40.7 Å². The predicted molar refractivity (Wildman–Crippen MR) is 108 cm³/mol. The van der Waals surface area contributed by atoms with E-state index in [2.05, 4.69) is 42.0 Å². The third-order valence-electron chi connectivity index (χ3n) is 5.61. The number of aryl methyl sites for hydroxylation is 2. The Hall–Kier alpha value is -2.50. The minimum Gasteiger partial charge on any atom is -0.496 e. The lowest BCUT2D eigenvalue weighted by Crippen LogP contribution is -2.49. The van der Waals surface area contributed by atoms with Crippen molar-refractivity contribution in [1.82, 2.24) is 14.7 Å². The first kappa shape index (κ1) is 19.3. The van der Waals surface area contributed by atoms with Gasteiger partial charge in [0.05, 0.1) is 12.8 Å². The molecule has 0 unspecified atom stereocenters. The Balaban J connectivity index is 1.61. The number of carbonyl (C=O) groups is 1. The second-order valence-corrected chi connectivity index (χ2v) is 7.19. The monoisotopic (exact) mass is 370 g/mol. The van der Waals surface area contributed by atoms with E-state index >= 15 is 0 Å². The van der Waals surface area contributed by atoms with E-state index in [-0.39, 0.29) is 5.91 Å². The zero-order chi connectivity index (χ0) is 19.6. The van der Waals surface area contributed by atoms with Crippen LogP contribution in [0, 0.1) is 20.8 Å². The van der Waals surface area contributed by atoms with Gasteiger partial charge in [0.15, 0.2) is 0 Å². The van der Waals surface area contributed by atoms with Gasteiger partial charge in [-0.2, -0.15) is 5.10 Å². The molecule has 6 nitrogen and oxygen atoms in total. The van der Waals surface area contributed by atoms with Crippen molar-refractivity contribution in [3.8, 4) is 5.75 Å². The Kier molecular flexibility index (Phi) is 5.73. The van der Waals surface area contributed by atoms with Crippen LogP contribution in [0.15, 0.2) is 18.2 Å². The van der Waals surface area contributed by atoms with Crippen LogP contribution in [0.3, 0.4) is 0 Å². The quantitative estimate of drug-likeness (QED) is 0.812. The molecule has 1 fully saturated rings. The molecule has 0 bridgehead atoms. The maximum atomic E-state index is 12.7. The highest BCUT2D eigenvalue weighted by atomic mass is 16.5. The number of hydrogen-bond acceptors (Lipinski definition) is 4. The van der Waals surface area contributed by atoms with Crippen molar-refractivity contribution in [2.75, 3.05) is 38.2 Å². The maximum absolute atomic E-state index is 12.7. The highest BCUT2D eigenvalue weighted by molar-refractivity contribution is 5.76. The van der Waals surface area contributed by atoms with Gasteiger partial charge in [-0.3, -0.25) is 9.48 Å². The summed E-state index contributed by atoms with van der Waals surface area (Å²) < 4.78 is 7.29. The molecule has 146 valence electrons. The molecule has 27 heavy (non-hydrogen) atoms. The molecule has 2 heterocycles. The average Bonchev–Trinajstić information content (AvgIpc) is 2.96. The molecule has 0 atom stereocenters. The molecule has 0 spiro atoms. The first-order valence-electron chi connectivity index (χ1n) is 9.64. The minimum atomic E-state index is 0.143. The maximum Gasteiger partial charge on any atom is 0.244 e. The first-order chi connectivity index (χ1) is 12.9. The molecule has 1 aromatic carbocycles. The smallest absolute Gasteiger partial charge is 0.244 e. The van der Waals surface area contributed by atoms with Crippen molar-refractivity contribution < 1.29 is 9.53 Å². The molecule has 1 aromatic heterocycles. The molecule has 1 aliphatic heterocycles. The first-order valence-corrected chi connectivity index (χ1v) is 9.64. The summed E-state index contributed by atoms with van der Waals surface area (Å²) in [6, 6.07) is 6.28. The van der Waals surface area contributed by atoms with Gasteiger partial charge in [-0.25, -0.2) is 0 Å². The lowest BCUT2D eigenvalue weighted by Gasteiger charge is -2.36. The summed E-state index contributed by atoms with van der Waals surface area (Å²) in [5.41, 5.74) is 5.65. The summed E-state index contributed by atoms with van der Waals surface area (Å²) in [7, 11) is 1.70. The fourth-order valence-electron chi connectivity index (χ4n) is 3.64. The molecule has 1 saturated heterocycles. The zero-order valence-electron chi connectivity index (χ0n) is 17.1. The fourth-order valence-corrected chi connectivity index (χ4v) is 3.64. The van der Waals surface area contributed by atoms with Crippen molar-refractivity contribution in [2.24, 2.45) is 0 Å². The van der Waals surface area contributed by atoms with Gasteiger partial charge in [-0.15, -0.1) is 0 Å². The van der Waals surface area contributed by atoms with E-state index in [1.165, 1.54) is 5.56 Å². The number of anilines is 1. The molecular formula is C21H30N4O2. The lowest BCUT2D eigenvalue weighted by molar-refractivity contribution is -0.132. The highest BCUT2D eigenvalue weighted by Crippen LogP contribution is 2.26. The fraction of sp³-hybridized carbons (Fsp3) is 0.524. The van der Waals surface area contributed by atoms with Gasteiger partial charge in [0.1, 0.15) is 12.3 Å². The van der Waals surface area contributed by atoms with Gasteiger partial charge >= 0.3 is 0 Å². The third-order valence-corrected chi connectivity index (χ3v) is 5.61. The molecule has 6 heteroatoms. The van der Waals surface area contributed by atoms with Crippen LogP contribution in [0.5, 0.6) is 5.75 Å². The SMILES string of the molecule is CCc1nn(CC(=O)N2CCN(c3ccc(C)c(OC)c3)CC2)c(C)c1C. The molecule has 0 aliphatic carbocycles. The summed E-state index contributed by atoms with van der Waals surface area (Å²) in [6.45, 7) is 11.7. The van der Waals surface area contributed by atoms with Crippen LogP contribution >= 0.6 is 0 Å². The van der Waals surface area contributed by atoms with Crippen LogP contribution in [-0.2, 0) is 17.8 Å². The molecule has 1 aliphatic rings. The summed E-state index contributed by atoms with van der Waals surface area (Å²) in [5, 5.41) is 4.60. The summed E-state index contributed by atoms with van der Waals surface area (Å²) in [4.78, 5) is 17.0. The standard InChI is InChI=1S/C21H30N4O2/c1-6-19-16(3)17(4)25(22-19)14-21(26)24-11-9-23(10-12-24)18-8-7-15(2)20(13-18)27-5/h7-8,13H,6,9-12,14H2,1-5H3. The average molecular weight is 370 g/mol. The van der Waals surface area contributed by atoms with Gasteiger partial charge in [-0.1, -0.05) is 13.0 Å². The molecular weight excluding hydrogens is 340 g/mol. The summed E-state index contributed by atoms with van der Waals surface area (Å²) >= 11 is 0. The lowest BCUT2D eigenvalue weighted by atomic mass is 10.1. The molecule has 2 aromatic rings. The van der Waals surface area contributed by atoms with Crippen molar-refractivity contribution >= 4 is 11.6 Å². The van der Waals surface area contributed by atoms with Gasteiger partial charge in [0, 0.05) is 43.6 Å². The highest BCUT2D eigenvalue weighted by Gasteiger charge is 2.23. The van der Waals surface area contributed by atoms with Crippen LogP contribution in [0.25, 0.3) is 0 Å². The van der Waals surface area contributed by atoms with Crippen molar-refractivity contribution in [1.29, 1.82) is 0 Å². The van der Waals surface area contributed by atoms with Gasteiger partial charge < -0.3 is 14.5 Å². The normalized spacial score (nSPS) is 14.6. The number of nitrogens with zero attached hydrogens (tertiary/aromatic N) is 4. The van der Waals surface area contributed by atoms with E-state index in [1.807, 2.05) is 23.4 Å². The second kappa shape index (κ2) is 8.03. The summed E-state index contributed by atoms with van der Waals surface area (Å²) in [6.07, 6.45) is 0.895. The number of aromatic nitrogens is 2. The number of carbonyl (C=O) groups excluding carboxylic acids is 1. The largest absolute Gasteiger partial charge is 0.496 e. The molecule has 3 rings (SSSR count). The predicted octanol–water partition coefficient (Wildman–Crippen LogP) is 2.73. The van der Waals surface area contributed by atoms with Crippen molar-refractivity contribution in [3.63, 3.8) is 0 Å². The van der Waals surface area contributed by atoms with Crippen LogP contribution < -0.4 is 9.64 Å². The molecule has 0 N–H and O–H groups in total. The Morgan fingerprint density at radius 1 is 1.15 bits per heavy atom. The Bertz CT molecular complexity index is 820. The topological polar surface area (TPSA) is 50.6 Å². The number of amides is 1. The third kappa shape index (κ3) is 3.94. The Morgan fingerprint density at radius 2 is 1.85 bits per heavy atom. The summed E-state index contributed by atoms with van der Waals surface area (Å²) in [5.74, 6) is 1.05. The number of ether oxygens (including phenoxy) is 1. The van der Waals surface area contributed by atoms with Gasteiger partial charge in [-0.05, 0) is 44.4 Å². The second-order valence-electron chi connectivity index (χ2n) is 7.19.